The zero-order valence-electron chi connectivity index (χ0n) is 10.6. The predicted octanol–water partition coefficient (Wildman–Crippen LogP) is 1.30. The fourth-order valence-corrected chi connectivity index (χ4v) is 1.26. The molecule has 5 nitrogen and oxygen atoms in total. The summed E-state index contributed by atoms with van der Waals surface area (Å²) >= 11 is 0. The number of para-hydroxylation sites is 1. The molecular formula is C13H19NO4. The largest absolute Gasteiger partial charge is 0.462 e. The highest BCUT2D eigenvalue weighted by molar-refractivity contribution is 5.70. The van der Waals surface area contributed by atoms with Crippen LogP contribution in [-0.4, -0.2) is 46.1 Å². The molecular weight excluding hydrogens is 234 g/mol. The summed E-state index contributed by atoms with van der Waals surface area (Å²) in [6, 6.07) is 9.74. The third kappa shape index (κ3) is 6.88. The molecule has 100 valence electrons. The molecule has 0 aliphatic carbocycles. The Hall–Kier alpha value is -1.59. The van der Waals surface area contributed by atoms with Crippen molar-refractivity contribution in [3.05, 3.63) is 30.3 Å². The van der Waals surface area contributed by atoms with Gasteiger partial charge >= 0.3 is 5.97 Å². The number of hydrogen-bond acceptors (Lipinski definition) is 5. The smallest absolute Gasteiger partial charge is 0.332 e. The van der Waals surface area contributed by atoms with Crippen molar-refractivity contribution in [1.29, 1.82) is 0 Å². The van der Waals surface area contributed by atoms with E-state index in [2.05, 4.69) is 5.32 Å². The van der Waals surface area contributed by atoms with Crippen LogP contribution in [0.1, 0.15) is 0 Å². The van der Waals surface area contributed by atoms with E-state index in [-0.39, 0.29) is 12.6 Å². The molecule has 1 N–H and O–H groups in total. The quantitative estimate of drug-likeness (QED) is 0.531. The van der Waals surface area contributed by atoms with Gasteiger partial charge in [0.15, 0.2) is 0 Å². The third-order valence-corrected chi connectivity index (χ3v) is 2.12. The monoisotopic (exact) mass is 253 g/mol. The highest BCUT2D eigenvalue weighted by Gasteiger charge is 2.02. The lowest BCUT2D eigenvalue weighted by Crippen LogP contribution is -2.18. The number of carbonyl (C=O) groups excluding carboxylic acids is 1. The van der Waals surface area contributed by atoms with Gasteiger partial charge in [-0.2, -0.15) is 0 Å². The predicted molar refractivity (Wildman–Crippen MR) is 68.6 cm³/mol. The van der Waals surface area contributed by atoms with Crippen molar-refractivity contribution in [2.75, 3.05) is 45.4 Å². The highest BCUT2D eigenvalue weighted by atomic mass is 16.6. The van der Waals surface area contributed by atoms with Gasteiger partial charge in [0.05, 0.1) is 13.2 Å². The normalized spacial score (nSPS) is 10.1. The Labute approximate surface area is 107 Å². The van der Waals surface area contributed by atoms with Gasteiger partial charge in [0.2, 0.25) is 0 Å². The van der Waals surface area contributed by atoms with Gasteiger partial charge in [0, 0.05) is 19.3 Å². The lowest BCUT2D eigenvalue weighted by Gasteiger charge is -2.07. The molecule has 0 spiro atoms. The minimum atomic E-state index is -0.360. The Morgan fingerprint density at radius 2 is 1.94 bits per heavy atom. The van der Waals surface area contributed by atoms with Crippen molar-refractivity contribution < 1.29 is 19.0 Å². The maximum absolute atomic E-state index is 11.2. The summed E-state index contributed by atoms with van der Waals surface area (Å²) in [5.74, 6) is -0.360. The minimum absolute atomic E-state index is 0.0330. The first kappa shape index (κ1) is 14.5. The van der Waals surface area contributed by atoms with Crippen LogP contribution in [-0.2, 0) is 19.0 Å². The fourth-order valence-electron chi connectivity index (χ4n) is 1.26. The molecule has 0 aliphatic rings. The Balaban J connectivity index is 1.99. The van der Waals surface area contributed by atoms with Crippen LogP contribution in [0.25, 0.3) is 0 Å². The maximum atomic E-state index is 11.2. The lowest BCUT2D eigenvalue weighted by atomic mass is 10.3. The topological polar surface area (TPSA) is 56.8 Å². The lowest BCUT2D eigenvalue weighted by molar-refractivity contribution is -0.148. The standard InChI is InChI=1S/C13H19NO4/c1-16-9-10-17-11-13(15)18-8-7-14-12-5-3-2-4-6-12/h2-6,14H,7-11H2,1H3. The van der Waals surface area contributed by atoms with Crippen LogP contribution in [0, 0.1) is 0 Å². The van der Waals surface area contributed by atoms with Gasteiger partial charge in [0.25, 0.3) is 0 Å². The molecule has 5 heteroatoms. The summed E-state index contributed by atoms with van der Waals surface area (Å²) in [6.07, 6.45) is 0. The highest BCUT2D eigenvalue weighted by Crippen LogP contribution is 2.03. The van der Waals surface area contributed by atoms with Gasteiger partial charge in [0.1, 0.15) is 13.2 Å². The van der Waals surface area contributed by atoms with Gasteiger partial charge in [-0.15, -0.1) is 0 Å². The first-order valence-corrected chi connectivity index (χ1v) is 5.84. The Bertz CT molecular complexity index is 329. The van der Waals surface area contributed by atoms with E-state index in [0.717, 1.165) is 5.69 Å². The number of carbonyl (C=O) groups is 1. The Morgan fingerprint density at radius 1 is 1.17 bits per heavy atom. The van der Waals surface area contributed by atoms with Crippen molar-refractivity contribution in [3.8, 4) is 0 Å². The van der Waals surface area contributed by atoms with Crippen LogP contribution in [0.15, 0.2) is 30.3 Å². The molecule has 0 bridgehead atoms. The summed E-state index contributed by atoms with van der Waals surface area (Å²) < 4.78 is 14.8. The number of esters is 1. The molecule has 0 aromatic heterocycles. The molecule has 0 saturated carbocycles. The molecule has 0 heterocycles. The van der Waals surface area contributed by atoms with E-state index < -0.39 is 0 Å². The number of rotatable bonds is 9. The number of hydrogen-bond donors (Lipinski definition) is 1. The van der Waals surface area contributed by atoms with E-state index in [9.17, 15) is 4.79 Å². The van der Waals surface area contributed by atoms with Crippen LogP contribution < -0.4 is 5.32 Å². The van der Waals surface area contributed by atoms with Gasteiger partial charge in [-0.25, -0.2) is 4.79 Å². The number of ether oxygens (including phenoxy) is 3. The summed E-state index contributed by atoms with van der Waals surface area (Å²) in [7, 11) is 1.58. The number of anilines is 1. The van der Waals surface area contributed by atoms with Crippen molar-refractivity contribution in [2.45, 2.75) is 0 Å². The summed E-state index contributed by atoms with van der Waals surface area (Å²) in [5.41, 5.74) is 1.00. The number of benzene rings is 1. The molecule has 18 heavy (non-hydrogen) atoms. The second-order valence-electron chi connectivity index (χ2n) is 3.56. The van der Waals surface area contributed by atoms with Gasteiger partial charge < -0.3 is 19.5 Å². The Morgan fingerprint density at radius 3 is 2.67 bits per heavy atom. The second-order valence-corrected chi connectivity index (χ2v) is 3.56. The van der Waals surface area contributed by atoms with Crippen molar-refractivity contribution in [3.63, 3.8) is 0 Å². The first-order valence-electron chi connectivity index (χ1n) is 5.84. The van der Waals surface area contributed by atoms with E-state index >= 15 is 0 Å². The first-order chi connectivity index (χ1) is 8.83. The van der Waals surface area contributed by atoms with E-state index in [1.54, 1.807) is 7.11 Å². The van der Waals surface area contributed by atoms with Crippen molar-refractivity contribution in [1.82, 2.24) is 0 Å². The molecule has 1 aromatic rings. The van der Waals surface area contributed by atoms with Crippen LogP contribution in [0.5, 0.6) is 0 Å². The van der Waals surface area contributed by atoms with Gasteiger partial charge in [-0.1, -0.05) is 18.2 Å². The SMILES string of the molecule is COCCOCC(=O)OCCNc1ccccc1. The molecule has 1 rings (SSSR count). The summed E-state index contributed by atoms with van der Waals surface area (Å²) in [6.45, 7) is 1.74. The zero-order chi connectivity index (χ0) is 13.1. The third-order valence-electron chi connectivity index (χ3n) is 2.12. The van der Waals surface area contributed by atoms with Crippen LogP contribution in [0.3, 0.4) is 0 Å². The molecule has 0 saturated heterocycles. The van der Waals surface area contributed by atoms with E-state index in [0.29, 0.717) is 26.4 Å². The second kappa shape index (κ2) is 9.44. The van der Waals surface area contributed by atoms with Crippen LogP contribution in [0.4, 0.5) is 5.69 Å². The van der Waals surface area contributed by atoms with Gasteiger partial charge in [-0.3, -0.25) is 0 Å². The minimum Gasteiger partial charge on any atom is -0.462 e. The van der Waals surface area contributed by atoms with Crippen molar-refractivity contribution >= 4 is 11.7 Å². The maximum Gasteiger partial charge on any atom is 0.332 e. The van der Waals surface area contributed by atoms with E-state index in [1.807, 2.05) is 30.3 Å². The summed E-state index contributed by atoms with van der Waals surface area (Å²) in [5, 5.41) is 3.14. The zero-order valence-corrected chi connectivity index (χ0v) is 10.6. The molecule has 0 unspecified atom stereocenters. The molecule has 0 aliphatic heterocycles. The Kier molecular flexibility index (Phi) is 7.59. The molecule has 0 atom stereocenters. The summed E-state index contributed by atoms with van der Waals surface area (Å²) in [4.78, 5) is 11.2. The fraction of sp³-hybridized carbons (Fsp3) is 0.462. The molecule has 0 radical (unpaired) electrons. The van der Waals surface area contributed by atoms with Gasteiger partial charge in [-0.05, 0) is 12.1 Å². The number of methoxy groups -OCH3 is 1. The molecule has 1 aromatic carbocycles. The molecule has 0 fully saturated rings. The van der Waals surface area contributed by atoms with Crippen LogP contribution in [0.2, 0.25) is 0 Å². The van der Waals surface area contributed by atoms with E-state index in [4.69, 9.17) is 14.2 Å². The average Bonchev–Trinajstić information content (AvgIpc) is 2.41. The average molecular weight is 253 g/mol. The van der Waals surface area contributed by atoms with Crippen molar-refractivity contribution in [2.24, 2.45) is 0 Å². The molecule has 0 amide bonds. The van der Waals surface area contributed by atoms with E-state index in [1.165, 1.54) is 0 Å². The van der Waals surface area contributed by atoms with Crippen LogP contribution >= 0.6 is 0 Å². The number of nitrogens with one attached hydrogen (secondary N) is 1.